The highest BCUT2D eigenvalue weighted by atomic mass is 16.3. The van der Waals surface area contributed by atoms with Gasteiger partial charge in [-0.15, -0.1) is 0 Å². The summed E-state index contributed by atoms with van der Waals surface area (Å²) in [7, 11) is 0. The molecule has 1 aromatic heterocycles. The molecule has 11 heavy (non-hydrogen) atoms. The van der Waals surface area contributed by atoms with Crippen molar-refractivity contribution in [1.29, 1.82) is 0 Å². The minimum absolute atomic E-state index is 0.0865. The number of fused-ring (bicyclic) bond motifs is 1. The van der Waals surface area contributed by atoms with E-state index in [1.165, 1.54) is 17.5 Å². The highest BCUT2D eigenvalue weighted by Gasteiger charge is 2.13. The molecule has 1 aliphatic rings. The van der Waals surface area contributed by atoms with E-state index in [1.807, 2.05) is 0 Å². The van der Waals surface area contributed by atoms with Crippen LogP contribution in [0.25, 0.3) is 0 Å². The van der Waals surface area contributed by atoms with Gasteiger partial charge in [0.25, 0.3) is 0 Å². The van der Waals surface area contributed by atoms with Crippen LogP contribution < -0.4 is 0 Å². The molecule has 0 radical (unpaired) electrons. The molecule has 0 amide bonds. The lowest BCUT2D eigenvalue weighted by molar-refractivity contribution is 0.275. The molecule has 2 rings (SSSR count). The average Bonchev–Trinajstić information content (AvgIpc) is 2.50. The summed E-state index contributed by atoms with van der Waals surface area (Å²) in [4.78, 5) is 4.12. The normalized spacial score (nSPS) is 15.0. The first-order valence-corrected chi connectivity index (χ1v) is 3.98. The van der Waals surface area contributed by atoms with Crippen molar-refractivity contribution in [2.24, 2.45) is 0 Å². The molecule has 2 nitrogen and oxygen atoms in total. The van der Waals surface area contributed by atoms with E-state index in [2.05, 4.69) is 11.1 Å². The number of aliphatic hydroxyl groups excluding tert-OH is 1. The van der Waals surface area contributed by atoms with Gasteiger partial charge in [-0.25, -0.2) is 0 Å². The number of aliphatic hydroxyl groups is 1. The second kappa shape index (κ2) is 2.62. The van der Waals surface area contributed by atoms with E-state index in [0.717, 1.165) is 18.5 Å². The molecule has 0 aromatic carbocycles. The molecule has 0 aliphatic heterocycles. The van der Waals surface area contributed by atoms with Crippen LogP contribution in [0.3, 0.4) is 0 Å². The lowest BCUT2D eigenvalue weighted by atomic mass is 10.1. The van der Waals surface area contributed by atoms with E-state index in [0.29, 0.717) is 0 Å². The Labute approximate surface area is 65.9 Å². The van der Waals surface area contributed by atoms with Crippen LogP contribution >= 0.6 is 0 Å². The molecule has 0 fully saturated rings. The fourth-order valence-corrected chi connectivity index (χ4v) is 1.71. The molecule has 1 N–H and O–H groups in total. The van der Waals surface area contributed by atoms with E-state index >= 15 is 0 Å². The van der Waals surface area contributed by atoms with Gasteiger partial charge in [-0.3, -0.25) is 4.98 Å². The van der Waals surface area contributed by atoms with Gasteiger partial charge in [0, 0.05) is 6.20 Å². The van der Waals surface area contributed by atoms with Crippen molar-refractivity contribution in [2.45, 2.75) is 25.9 Å². The van der Waals surface area contributed by atoms with Crippen molar-refractivity contribution in [1.82, 2.24) is 4.98 Å². The number of pyridine rings is 1. The Morgan fingerprint density at radius 2 is 2.36 bits per heavy atom. The van der Waals surface area contributed by atoms with E-state index in [1.54, 1.807) is 6.20 Å². The Kier molecular flexibility index (Phi) is 1.62. The molecule has 1 aromatic rings. The molecular weight excluding hydrogens is 138 g/mol. The zero-order valence-electron chi connectivity index (χ0n) is 6.38. The molecule has 1 heterocycles. The monoisotopic (exact) mass is 149 g/mol. The minimum Gasteiger partial charge on any atom is -0.390 e. The summed E-state index contributed by atoms with van der Waals surface area (Å²) in [6, 6.07) is 2.06. The average molecular weight is 149 g/mol. The SMILES string of the molecule is OCc1nccc2c1CCC2. The maximum Gasteiger partial charge on any atom is 0.0855 e. The van der Waals surface area contributed by atoms with Gasteiger partial charge in [-0.05, 0) is 36.5 Å². The lowest BCUT2D eigenvalue weighted by Crippen LogP contribution is -1.95. The summed E-state index contributed by atoms with van der Waals surface area (Å²) in [6.45, 7) is 0.0865. The van der Waals surface area contributed by atoms with Gasteiger partial charge < -0.3 is 5.11 Å². The van der Waals surface area contributed by atoms with Gasteiger partial charge in [-0.2, -0.15) is 0 Å². The third kappa shape index (κ3) is 1.03. The van der Waals surface area contributed by atoms with Gasteiger partial charge in [0.2, 0.25) is 0 Å². The van der Waals surface area contributed by atoms with Crippen LogP contribution in [0.1, 0.15) is 23.2 Å². The van der Waals surface area contributed by atoms with Crippen LogP contribution in [0.5, 0.6) is 0 Å². The van der Waals surface area contributed by atoms with Crippen molar-refractivity contribution >= 4 is 0 Å². The van der Waals surface area contributed by atoms with Gasteiger partial charge in [0.15, 0.2) is 0 Å². The second-order valence-electron chi connectivity index (χ2n) is 2.91. The Bertz CT molecular complexity index is 270. The molecule has 0 unspecified atom stereocenters. The Morgan fingerprint density at radius 3 is 3.18 bits per heavy atom. The van der Waals surface area contributed by atoms with Crippen LogP contribution in [0, 0.1) is 0 Å². The Balaban J connectivity index is 2.50. The fraction of sp³-hybridized carbons (Fsp3) is 0.444. The Morgan fingerprint density at radius 1 is 1.45 bits per heavy atom. The van der Waals surface area contributed by atoms with Crippen LogP contribution in [0.2, 0.25) is 0 Å². The highest BCUT2D eigenvalue weighted by molar-refractivity contribution is 5.33. The summed E-state index contributed by atoms with van der Waals surface area (Å²) in [5.41, 5.74) is 3.54. The molecular formula is C9H11NO. The van der Waals surface area contributed by atoms with Crippen molar-refractivity contribution in [2.75, 3.05) is 0 Å². The van der Waals surface area contributed by atoms with Crippen molar-refractivity contribution < 1.29 is 5.11 Å². The molecule has 0 bridgehead atoms. The van der Waals surface area contributed by atoms with E-state index in [9.17, 15) is 0 Å². The van der Waals surface area contributed by atoms with Gasteiger partial charge in [-0.1, -0.05) is 0 Å². The van der Waals surface area contributed by atoms with Gasteiger partial charge in [0.1, 0.15) is 0 Å². The second-order valence-corrected chi connectivity index (χ2v) is 2.91. The molecule has 0 saturated carbocycles. The number of nitrogens with zero attached hydrogens (tertiary/aromatic N) is 1. The van der Waals surface area contributed by atoms with Gasteiger partial charge in [0.05, 0.1) is 12.3 Å². The number of hydrogen-bond acceptors (Lipinski definition) is 2. The maximum atomic E-state index is 8.94. The van der Waals surface area contributed by atoms with Crippen LogP contribution in [-0.2, 0) is 19.4 Å². The largest absolute Gasteiger partial charge is 0.390 e. The quantitative estimate of drug-likeness (QED) is 0.647. The molecule has 58 valence electrons. The third-order valence-electron chi connectivity index (χ3n) is 2.26. The zero-order valence-corrected chi connectivity index (χ0v) is 6.38. The molecule has 0 saturated heterocycles. The number of hydrogen-bond donors (Lipinski definition) is 1. The van der Waals surface area contributed by atoms with Crippen molar-refractivity contribution in [3.8, 4) is 0 Å². The molecule has 2 heteroatoms. The number of rotatable bonds is 1. The first-order chi connectivity index (χ1) is 5.42. The molecule has 0 spiro atoms. The van der Waals surface area contributed by atoms with Crippen molar-refractivity contribution in [3.63, 3.8) is 0 Å². The smallest absolute Gasteiger partial charge is 0.0855 e. The van der Waals surface area contributed by atoms with Crippen molar-refractivity contribution in [3.05, 3.63) is 29.1 Å². The number of aryl methyl sites for hydroxylation is 1. The Hall–Kier alpha value is -0.890. The maximum absolute atomic E-state index is 8.94. The third-order valence-corrected chi connectivity index (χ3v) is 2.26. The molecule has 1 aliphatic carbocycles. The summed E-state index contributed by atoms with van der Waals surface area (Å²) in [5, 5.41) is 8.94. The molecule has 0 atom stereocenters. The highest BCUT2D eigenvalue weighted by Crippen LogP contribution is 2.23. The lowest BCUT2D eigenvalue weighted by Gasteiger charge is -2.02. The summed E-state index contributed by atoms with van der Waals surface area (Å²) >= 11 is 0. The fourth-order valence-electron chi connectivity index (χ4n) is 1.71. The van der Waals surface area contributed by atoms with Crippen LogP contribution in [0.15, 0.2) is 12.3 Å². The predicted octanol–water partition coefficient (Wildman–Crippen LogP) is 1.06. The first kappa shape index (κ1) is 6.80. The van der Waals surface area contributed by atoms with Crippen LogP contribution in [0.4, 0.5) is 0 Å². The summed E-state index contributed by atoms with van der Waals surface area (Å²) in [5.74, 6) is 0. The van der Waals surface area contributed by atoms with E-state index < -0.39 is 0 Å². The minimum atomic E-state index is 0.0865. The standard InChI is InChI=1S/C9H11NO/c11-6-9-8-3-1-2-7(8)4-5-10-9/h4-5,11H,1-3,6H2. The van der Waals surface area contributed by atoms with Gasteiger partial charge >= 0.3 is 0 Å². The van der Waals surface area contributed by atoms with Crippen LogP contribution in [-0.4, -0.2) is 10.1 Å². The first-order valence-electron chi connectivity index (χ1n) is 3.98. The predicted molar refractivity (Wildman–Crippen MR) is 42.2 cm³/mol. The summed E-state index contributed by atoms with van der Waals surface area (Å²) in [6.07, 6.45) is 5.26. The van der Waals surface area contributed by atoms with E-state index in [4.69, 9.17) is 5.11 Å². The topological polar surface area (TPSA) is 33.1 Å². The summed E-state index contributed by atoms with van der Waals surface area (Å²) < 4.78 is 0. The zero-order chi connectivity index (χ0) is 7.68. The van der Waals surface area contributed by atoms with E-state index in [-0.39, 0.29) is 6.61 Å². The number of aromatic nitrogens is 1.